The number of hydrogen-bond donors (Lipinski definition) is 9. The number of alkyl carbamates (subject to hydrolysis) is 1. The van der Waals surface area contributed by atoms with E-state index < -0.39 is 96.3 Å². The number of primary amides is 1. The fourth-order valence-corrected chi connectivity index (χ4v) is 7.57. The highest BCUT2D eigenvalue weighted by molar-refractivity contribution is 5.97. The quantitative estimate of drug-likeness (QED) is 0.0383. The third-order valence-electron chi connectivity index (χ3n) is 11.2. The van der Waals surface area contributed by atoms with Crippen LogP contribution in [0, 0.1) is 0 Å². The van der Waals surface area contributed by atoms with Gasteiger partial charge in [0, 0.05) is 36.4 Å². The van der Waals surface area contributed by atoms with Gasteiger partial charge in [0.15, 0.2) is 0 Å². The van der Waals surface area contributed by atoms with Crippen molar-refractivity contribution in [2.75, 3.05) is 6.54 Å². The molecule has 5 aromatic rings. The number of carbonyl (C=O) groups is 8. The number of hydrogen-bond acceptors (Lipinski definition) is 10. The van der Waals surface area contributed by atoms with E-state index in [1.807, 2.05) is 55.5 Å². The van der Waals surface area contributed by atoms with Gasteiger partial charge in [0.25, 0.3) is 0 Å². The van der Waals surface area contributed by atoms with Gasteiger partial charge in [0.2, 0.25) is 35.4 Å². The molecule has 10 N–H and O–H groups in total. The van der Waals surface area contributed by atoms with Crippen molar-refractivity contribution in [3.8, 4) is 5.75 Å². The van der Waals surface area contributed by atoms with Crippen molar-refractivity contribution in [3.05, 3.63) is 138 Å². The molecule has 72 heavy (non-hydrogen) atoms. The number of aromatic nitrogens is 1. The van der Waals surface area contributed by atoms with Gasteiger partial charge in [-0.1, -0.05) is 111 Å². The van der Waals surface area contributed by atoms with E-state index in [4.69, 9.17) is 15.2 Å². The first-order valence-electron chi connectivity index (χ1n) is 23.7. The second kappa shape index (κ2) is 26.7. The van der Waals surface area contributed by atoms with Crippen LogP contribution in [0.2, 0.25) is 0 Å². The summed E-state index contributed by atoms with van der Waals surface area (Å²) in [4.78, 5) is 110. The minimum absolute atomic E-state index is 0.00237. The minimum Gasteiger partial charge on any atom is -0.489 e. The van der Waals surface area contributed by atoms with Gasteiger partial charge in [-0.2, -0.15) is 0 Å². The average molecular weight is 989 g/mol. The Morgan fingerprint density at radius 2 is 1.18 bits per heavy atom. The molecule has 19 heteroatoms. The zero-order chi connectivity index (χ0) is 52.2. The number of carbonyl (C=O) groups excluding carboxylic acids is 7. The van der Waals surface area contributed by atoms with E-state index in [0.717, 1.165) is 16.5 Å². The number of rotatable bonds is 26. The Kier molecular flexibility index (Phi) is 20.3. The van der Waals surface area contributed by atoms with Crippen molar-refractivity contribution in [3.63, 3.8) is 0 Å². The molecule has 5 rings (SSSR count). The number of para-hydroxylation sites is 1. The van der Waals surface area contributed by atoms with Crippen LogP contribution in [0.4, 0.5) is 4.79 Å². The van der Waals surface area contributed by atoms with Crippen molar-refractivity contribution in [1.29, 1.82) is 0 Å². The number of fused-ring (bicyclic) bond motifs is 1. The normalized spacial score (nSPS) is 13.2. The summed E-state index contributed by atoms with van der Waals surface area (Å²) in [6.45, 7) is 6.60. The molecule has 0 saturated heterocycles. The smallest absolute Gasteiger partial charge is 0.408 e. The average Bonchev–Trinajstić information content (AvgIpc) is 3.75. The number of nitrogens with one attached hydrogen (secondary N) is 7. The van der Waals surface area contributed by atoms with E-state index in [0.29, 0.717) is 41.9 Å². The summed E-state index contributed by atoms with van der Waals surface area (Å²) in [5.41, 5.74) is 8.42. The molecule has 0 unspecified atom stereocenters. The van der Waals surface area contributed by atoms with Gasteiger partial charge in [-0.15, -0.1) is 0 Å². The topological polar surface area (TPSA) is 289 Å². The van der Waals surface area contributed by atoms with E-state index >= 15 is 0 Å². The third kappa shape index (κ3) is 17.9. The number of ether oxygens (including phenoxy) is 2. The fraction of sp³-hybridized carbons (Fsp3) is 0.358. The van der Waals surface area contributed by atoms with Crippen LogP contribution in [-0.2, 0) is 64.2 Å². The summed E-state index contributed by atoms with van der Waals surface area (Å²) in [5.74, 6) is -5.91. The number of unbranched alkanes of at least 4 members (excludes halogenated alkanes) is 1. The Labute approximate surface area is 417 Å². The minimum atomic E-state index is -1.68. The van der Waals surface area contributed by atoms with Crippen LogP contribution < -0.4 is 42.4 Å². The summed E-state index contributed by atoms with van der Waals surface area (Å²) < 4.78 is 11.3. The molecule has 0 bridgehead atoms. The SMILES string of the molecule is CCCC[C@H](NC(=O)[C@H](Cc1c[nH]c2ccccc12)NC(=O)CNC(=O)[C@H](Cc1ccc(OCc2ccccc2)cc1)NC(=O)OC(C)(C)C)C(=O)N[C@@H](CC(=O)O)C(=O)N[C@@H](Cc1ccccc1)C(N)=O. The van der Waals surface area contributed by atoms with Crippen LogP contribution in [0.25, 0.3) is 10.9 Å². The Morgan fingerprint density at radius 3 is 1.82 bits per heavy atom. The number of carboxylic acids is 1. The number of benzene rings is 4. The summed E-state index contributed by atoms with van der Waals surface area (Å²) in [6.07, 6.45) is 0.962. The zero-order valence-electron chi connectivity index (χ0n) is 40.8. The Bertz CT molecular complexity index is 2640. The molecule has 1 heterocycles. The van der Waals surface area contributed by atoms with E-state index in [1.165, 1.54) is 0 Å². The maximum atomic E-state index is 14.3. The third-order valence-corrected chi connectivity index (χ3v) is 11.2. The predicted octanol–water partition coefficient (Wildman–Crippen LogP) is 3.87. The van der Waals surface area contributed by atoms with Crippen molar-refractivity contribution in [2.45, 2.75) is 115 Å². The number of nitrogens with two attached hydrogens (primary N) is 1. The molecule has 7 amide bonds. The highest BCUT2D eigenvalue weighted by Gasteiger charge is 2.33. The first-order valence-corrected chi connectivity index (χ1v) is 23.7. The molecule has 0 saturated carbocycles. The number of H-pyrrole nitrogens is 1. The highest BCUT2D eigenvalue weighted by atomic mass is 16.6. The number of carboxylic acid groups (broad SMARTS) is 1. The Balaban J connectivity index is 1.30. The maximum Gasteiger partial charge on any atom is 0.408 e. The molecule has 4 aromatic carbocycles. The Morgan fingerprint density at radius 1 is 0.625 bits per heavy atom. The molecular formula is C53H64N8O11. The Hall–Kier alpha value is -8.22. The summed E-state index contributed by atoms with van der Waals surface area (Å²) in [5, 5.41) is 25.9. The molecule has 5 atom stereocenters. The van der Waals surface area contributed by atoms with Crippen LogP contribution >= 0.6 is 0 Å². The van der Waals surface area contributed by atoms with Gasteiger partial charge in [-0.25, -0.2) is 4.79 Å². The molecule has 1 aromatic heterocycles. The van der Waals surface area contributed by atoms with Crippen LogP contribution in [0.3, 0.4) is 0 Å². The standard InChI is InChI=1S/C53H64N8O11/c1-5-6-20-40(49(67)60-44(29-46(63)64)51(69)59-41(47(54)65)26-33-15-9-7-10-16-33)58-50(68)43(28-36-30-55-39-21-14-13-19-38(36)39)57-45(62)31-56-48(66)42(61-52(70)72-53(2,3)4)27-34-22-24-37(25-23-34)71-32-35-17-11-8-12-18-35/h7-19,21-25,30,40-44,55H,5-6,20,26-29,31-32H2,1-4H3,(H2,54,65)(H,56,66)(H,57,62)(H,58,68)(H,59,69)(H,60,67)(H,61,70)(H,63,64)/t40-,41-,42-,43-,44-/m0/s1. The number of aliphatic carboxylic acids is 1. The van der Waals surface area contributed by atoms with Gasteiger partial charge in [-0.05, 0) is 67.6 Å². The van der Waals surface area contributed by atoms with E-state index in [1.54, 1.807) is 87.6 Å². The zero-order valence-corrected chi connectivity index (χ0v) is 40.8. The molecule has 19 nitrogen and oxygen atoms in total. The van der Waals surface area contributed by atoms with Crippen LogP contribution in [0.5, 0.6) is 5.75 Å². The van der Waals surface area contributed by atoms with E-state index in [9.17, 15) is 43.5 Å². The second-order valence-electron chi connectivity index (χ2n) is 18.2. The maximum absolute atomic E-state index is 14.3. The lowest BCUT2D eigenvalue weighted by atomic mass is 10.0. The molecule has 0 fully saturated rings. The molecule has 382 valence electrons. The lowest BCUT2D eigenvalue weighted by Crippen LogP contribution is -2.59. The summed E-state index contributed by atoms with van der Waals surface area (Å²) in [6, 6.07) is 25.8. The lowest BCUT2D eigenvalue weighted by molar-refractivity contribution is -0.141. The molecule has 0 aliphatic carbocycles. The fourth-order valence-electron chi connectivity index (χ4n) is 7.57. The number of amides is 7. The van der Waals surface area contributed by atoms with E-state index in [-0.39, 0.29) is 25.7 Å². The van der Waals surface area contributed by atoms with Crippen LogP contribution in [0.1, 0.15) is 75.6 Å². The highest BCUT2D eigenvalue weighted by Crippen LogP contribution is 2.20. The predicted molar refractivity (Wildman–Crippen MR) is 268 cm³/mol. The van der Waals surface area contributed by atoms with Crippen molar-refractivity contribution in [2.24, 2.45) is 5.73 Å². The molecular weight excluding hydrogens is 925 g/mol. The van der Waals surface area contributed by atoms with Crippen LogP contribution in [-0.4, -0.2) is 100.0 Å². The summed E-state index contributed by atoms with van der Waals surface area (Å²) in [7, 11) is 0. The van der Waals surface area contributed by atoms with Crippen molar-refractivity contribution < 1.29 is 52.9 Å². The van der Waals surface area contributed by atoms with Crippen molar-refractivity contribution >= 4 is 58.4 Å². The summed E-state index contributed by atoms with van der Waals surface area (Å²) >= 11 is 0. The second-order valence-corrected chi connectivity index (χ2v) is 18.2. The van der Waals surface area contributed by atoms with Crippen molar-refractivity contribution in [1.82, 2.24) is 36.9 Å². The van der Waals surface area contributed by atoms with Gasteiger partial charge < -0.3 is 57.2 Å². The number of aromatic amines is 1. The van der Waals surface area contributed by atoms with Gasteiger partial charge in [0.1, 0.15) is 48.2 Å². The molecule has 0 radical (unpaired) electrons. The first kappa shape index (κ1) is 54.7. The molecule has 0 aliphatic heterocycles. The molecule has 0 aliphatic rings. The van der Waals surface area contributed by atoms with Gasteiger partial charge in [-0.3, -0.25) is 33.6 Å². The van der Waals surface area contributed by atoms with Gasteiger partial charge in [0.05, 0.1) is 13.0 Å². The largest absolute Gasteiger partial charge is 0.489 e. The lowest BCUT2D eigenvalue weighted by Gasteiger charge is -2.26. The first-order chi connectivity index (χ1) is 34.4. The van der Waals surface area contributed by atoms with E-state index in [2.05, 4.69) is 36.9 Å². The monoisotopic (exact) mass is 988 g/mol. The van der Waals surface area contributed by atoms with Crippen LogP contribution in [0.15, 0.2) is 115 Å². The van der Waals surface area contributed by atoms with Gasteiger partial charge >= 0.3 is 12.1 Å². The molecule has 0 spiro atoms.